The van der Waals surface area contributed by atoms with Crippen LogP contribution in [-0.4, -0.2) is 27.3 Å². The lowest BCUT2D eigenvalue weighted by Crippen LogP contribution is -2.59. The number of methoxy groups -OCH3 is 3. The average molecular weight is 236 g/mol. The van der Waals surface area contributed by atoms with Gasteiger partial charge >= 0.3 is 0 Å². The van der Waals surface area contributed by atoms with Gasteiger partial charge in [-0.25, -0.2) is 0 Å². The van der Waals surface area contributed by atoms with E-state index in [0.29, 0.717) is 0 Å². The molecule has 0 heterocycles. The molecule has 1 aromatic carbocycles. The molecule has 0 amide bonds. The number of hydrogen-bond donors (Lipinski definition) is 0. The molecule has 1 aliphatic rings. The number of ether oxygens (including phenoxy) is 3. The van der Waals surface area contributed by atoms with Gasteiger partial charge in [0, 0.05) is 21.3 Å². The minimum Gasteiger partial charge on any atom is -0.330 e. The molecule has 0 radical (unpaired) electrons. The molecule has 3 nitrogen and oxygen atoms in total. The van der Waals surface area contributed by atoms with Crippen molar-refractivity contribution in [3.8, 4) is 0 Å². The summed E-state index contributed by atoms with van der Waals surface area (Å²) >= 11 is 0. The van der Waals surface area contributed by atoms with E-state index in [9.17, 15) is 0 Å². The average Bonchev–Trinajstić information content (AvgIpc) is 2.35. The Kier molecular flexibility index (Phi) is 3.52. The molecule has 3 heteroatoms. The Balaban J connectivity index is 2.44. The third-order valence-electron chi connectivity index (χ3n) is 3.93. The van der Waals surface area contributed by atoms with Crippen molar-refractivity contribution in [2.24, 2.45) is 0 Å². The molecule has 1 aliphatic carbocycles. The van der Waals surface area contributed by atoms with Crippen molar-refractivity contribution in [1.82, 2.24) is 0 Å². The number of benzene rings is 1. The first-order valence-electron chi connectivity index (χ1n) is 5.95. The summed E-state index contributed by atoms with van der Waals surface area (Å²) in [5.74, 6) is -0.980. The molecule has 0 spiro atoms. The second kappa shape index (κ2) is 4.77. The van der Waals surface area contributed by atoms with Crippen LogP contribution in [0.2, 0.25) is 0 Å². The normalized spacial score (nSPS) is 18.8. The van der Waals surface area contributed by atoms with Crippen LogP contribution in [0.25, 0.3) is 0 Å². The van der Waals surface area contributed by atoms with Crippen LogP contribution in [0.4, 0.5) is 0 Å². The van der Waals surface area contributed by atoms with Crippen LogP contribution in [0.3, 0.4) is 0 Å². The van der Waals surface area contributed by atoms with Crippen LogP contribution in [0.5, 0.6) is 0 Å². The highest BCUT2D eigenvalue weighted by molar-refractivity contribution is 5.30. The van der Waals surface area contributed by atoms with Crippen LogP contribution in [0, 0.1) is 0 Å². The monoisotopic (exact) mass is 236 g/mol. The third kappa shape index (κ3) is 1.69. The SMILES string of the molecule is COC(OC)(OC)C1(c2ccccc2)CCC1. The maximum Gasteiger partial charge on any atom is 0.292 e. The highest BCUT2D eigenvalue weighted by Gasteiger charge is 2.58. The topological polar surface area (TPSA) is 27.7 Å². The van der Waals surface area contributed by atoms with Gasteiger partial charge < -0.3 is 14.2 Å². The Morgan fingerprint density at radius 3 is 1.82 bits per heavy atom. The number of rotatable bonds is 5. The predicted octanol–water partition coefficient (Wildman–Crippen LogP) is 2.70. The fourth-order valence-electron chi connectivity index (χ4n) is 2.90. The molecule has 0 atom stereocenters. The lowest BCUT2D eigenvalue weighted by atomic mass is 9.62. The summed E-state index contributed by atoms with van der Waals surface area (Å²) in [5.41, 5.74) is 1.03. The molecule has 0 aliphatic heterocycles. The molecule has 1 aromatic rings. The van der Waals surface area contributed by atoms with Crippen LogP contribution < -0.4 is 0 Å². The minimum absolute atomic E-state index is 0.188. The summed E-state index contributed by atoms with van der Waals surface area (Å²) in [5, 5.41) is 0. The van der Waals surface area contributed by atoms with Crippen LogP contribution >= 0.6 is 0 Å². The van der Waals surface area contributed by atoms with Gasteiger partial charge in [0.2, 0.25) is 0 Å². The molecule has 17 heavy (non-hydrogen) atoms. The Bertz CT molecular complexity index is 345. The molecule has 0 aromatic heterocycles. The van der Waals surface area contributed by atoms with Gasteiger partial charge in [-0.2, -0.15) is 0 Å². The first-order valence-corrected chi connectivity index (χ1v) is 5.95. The van der Waals surface area contributed by atoms with Crippen molar-refractivity contribution in [3.63, 3.8) is 0 Å². The van der Waals surface area contributed by atoms with Gasteiger partial charge in [-0.05, 0) is 18.4 Å². The third-order valence-corrected chi connectivity index (χ3v) is 3.93. The van der Waals surface area contributed by atoms with E-state index in [4.69, 9.17) is 14.2 Å². The van der Waals surface area contributed by atoms with Crippen molar-refractivity contribution in [3.05, 3.63) is 35.9 Å². The van der Waals surface area contributed by atoms with E-state index in [1.165, 1.54) is 12.0 Å². The molecule has 2 rings (SSSR count). The summed E-state index contributed by atoms with van der Waals surface area (Å²) < 4.78 is 16.7. The van der Waals surface area contributed by atoms with Crippen molar-refractivity contribution in [2.45, 2.75) is 30.7 Å². The highest BCUT2D eigenvalue weighted by Crippen LogP contribution is 2.53. The van der Waals surface area contributed by atoms with Crippen LogP contribution in [0.1, 0.15) is 24.8 Å². The molecule has 1 fully saturated rings. The predicted molar refractivity (Wildman–Crippen MR) is 65.7 cm³/mol. The van der Waals surface area contributed by atoms with Crippen molar-refractivity contribution < 1.29 is 14.2 Å². The van der Waals surface area contributed by atoms with E-state index in [1.54, 1.807) is 21.3 Å². The zero-order chi connectivity index (χ0) is 12.4. The second-order valence-electron chi connectivity index (χ2n) is 4.47. The fourth-order valence-corrected chi connectivity index (χ4v) is 2.90. The van der Waals surface area contributed by atoms with E-state index >= 15 is 0 Å². The van der Waals surface area contributed by atoms with Gasteiger partial charge in [-0.1, -0.05) is 36.8 Å². The van der Waals surface area contributed by atoms with Crippen molar-refractivity contribution in [1.29, 1.82) is 0 Å². The van der Waals surface area contributed by atoms with E-state index in [2.05, 4.69) is 12.1 Å². The maximum atomic E-state index is 5.55. The maximum absolute atomic E-state index is 5.55. The summed E-state index contributed by atoms with van der Waals surface area (Å²) in [6, 6.07) is 10.3. The molecule has 1 saturated carbocycles. The van der Waals surface area contributed by atoms with Crippen molar-refractivity contribution >= 4 is 0 Å². The zero-order valence-corrected chi connectivity index (χ0v) is 10.7. The van der Waals surface area contributed by atoms with Gasteiger partial charge in [0.05, 0.1) is 5.41 Å². The second-order valence-corrected chi connectivity index (χ2v) is 4.47. The Morgan fingerprint density at radius 1 is 0.941 bits per heavy atom. The minimum atomic E-state index is -0.980. The summed E-state index contributed by atoms with van der Waals surface area (Å²) in [7, 11) is 4.90. The van der Waals surface area contributed by atoms with Gasteiger partial charge in [0.25, 0.3) is 5.97 Å². The van der Waals surface area contributed by atoms with E-state index in [0.717, 1.165) is 12.8 Å². The van der Waals surface area contributed by atoms with Crippen LogP contribution in [-0.2, 0) is 19.6 Å². The quantitative estimate of drug-likeness (QED) is 0.736. The Morgan fingerprint density at radius 2 is 1.47 bits per heavy atom. The molecular weight excluding hydrogens is 216 g/mol. The highest BCUT2D eigenvalue weighted by atomic mass is 16.9. The molecular formula is C14H20O3. The molecule has 94 valence electrons. The molecule has 0 saturated heterocycles. The van der Waals surface area contributed by atoms with E-state index in [1.807, 2.05) is 18.2 Å². The first kappa shape index (κ1) is 12.6. The summed E-state index contributed by atoms with van der Waals surface area (Å²) in [4.78, 5) is 0. The lowest BCUT2D eigenvalue weighted by Gasteiger charge is -2.52. The zero-order valence-electron chi connectivity index (χ0n) is 10.7. The fraction of sp³-hybridized carbons (Fsp3) is 0.571. The van der Waals surface area contributed by atoms with Gasteiger partial charge in [0.15, 0.2) is 0 Å². The van der Waals surface area contributed by atoms with Gasteiger partial charge in [0.1, 0.15) is 0 Å². The van der Waals surface area contributed by atoms with Crippen molar-refractivity contribution in [2.75, 3.05) is 21.3 Å². The summed E-state index contributed by atoms with van der Waals surface area (Å²) in [6.07, 6.45) is 3.21. The Labute approximate surface area is 103 Å². The van der Waals surface area contributed by atoms with E-state index < -0.39 is 5.97 Å². The molecule has 0 unspecified atom stereocenters. The molecule has 0 N–H and O–H groups in total. The van der Waals surface area contributed by atoms with Gasteiger partial charge in [-0.3, -0.25) is 0 Å². The summed E-state index contributed by atoms with van der Waals surface area (Å²) in [6.45, 7) is 0. The standard InChI is InChI=1S/C14H20O3/c1-15-14(16-2,17-3)13(10-7-11-13)12-8-5-4-6-9-12/h4-6,8-9H,7,10-11H2,1-3H3. The Hall–Kier alpha value is -0.900. The lowest BCUT2D eigenvalue weighted by molar-refractivity contribution is -0.398. The smallest absolute Gasteiger partial charge is 0.292 e. The largest absolute Gasteiger partial charge is 0.330 e. The van der Waals surface area contributed by atoms with Gasteiger partial charge in [-0.15, -0.1) is 0 Å². The molecule has 0 bridgehead atoms. The van der Waals surface area contributed by atoms with E-state index in [-0.39, 0.29) is 5.41 Å². The van der Waals surface area contributed by atoms with Crippen LogP contribution in [0.15, 0.2) is 30.3 Å². The number of hydrogen-bond acceptors (Lipinski definition) is 3. The first-order chi connectivity index (χ1) is 8.24.